The largest absolute Gasteiger partial charge is 0.313 e. The standard InChI is InChI=1S/C18H22N4S/c1-12-7-13(9-19)5-6-15(12)17-16-8-14(10-20)11-22(16)21-18(17)23(2,3)4/h5-7,10,14,20H,8,11H2,1-4H3/t14-/m0/s1. The van der Waals surface area contributed by atoms with Crippen molar-refractivity contribution in [1.82, 2.24) is 9.78 Å². The molecule has 0 spiro atoms. The van der Waals surface area contributed by atoms with Crippen LogP contribution in [-0.2, 0) is 13.0 Å². The summed E-state index contributed by atoms with van der Waals surface area (Å²) < 4.78 is 2.09. The van der Waals surface area contributed by atoms with Crippen molar-refractivity contribution in [2.45, 2.75) is 24.9 Å². The second-order valence-electron chi connectivity index (χ2n) is 6.92. The molecular formula is C18H22N4S. The lowest BCUT2D eigenvalue weighted by Gasteiger charge is -2.25. The number of hydrogen-bond acceptors (Lipinski definition) is 3. The minimum atomic E-state index is -0.970. The SMILES string of the molecule is Cc1cc(C#N)ccc1-c1c(S(C)(C)C)nn2c1C[C@@H](C=N)C2. The van der Waals surface area contributed by atoms with Crippen molar-refractivity contribution in [1.29, 1.82) is 10.7 Å². The van der Waals surface area contributed by atoms with Crippen molar-refractivity contribution >= 4 is 16.2 Å². The molecule has 0 amide bonds. The summed E-state index contributed by atoms with van der Waals surface area (Å²) >= 11 is 0. The van der Waals surface area contributed by atoms with Crippen molar-refractivity contribution < 1.29 is 0 Å². The molecule has 0 saturated heterocycles. The van der Waals surface area contributed by atoms with Gasteiger partial charge in [0.2, 0.25) is 0 Å². The van der Waals surface area contributed by atoms with Gasteiger partial charge in [-0.2, -0.15) is 10.4 Å². The van der Waals surface area contributed by atoms with Gasteiger partial charge in [-0.25, -0.2) is 10.0 Å². The van der Waals surface area contributed by atoms with Gasteiger partial charge in [0.05, 0.1) is 11.6 Å². The van der Waals surface area contributed by atoms with Crippen LogP contribution in [0.2, 0.25) is 0 Å². The summed E-state index contributed by atoms with van der Waals surface area (Å²) in [5, 5.41) is 22.8. The molecule has 1 aromatic carbocycles. The zero-order chi connectivity index (χ0) is 16.8. The number of hydrogen-bond donors (Lipinski definition) is 1. The summed E-state index contributed by atoms with van der Waals surface area (Å²) in [4.78, 5) is 0. The van der Waals surface area contributed by atoms with Crippen molar-refractivity contribution in [3.8, 4) is 17.2 Å². The van der Waals surface area contributed by atoms with Crippen LogP contribution in [0.1, 0.15) is 16.8 Å². The molecule has 3 rings (SSSR count). The van der Waals surface area contributed by atoms with Crippen LogP contribution in [0.3, 0.4) is 0 Å². The smallest absolute Gasteiger partial charge is 0.109 e. The van der Waals surface area contributed by atoms with E-state index in [-0.39, 0.29) is 5.92 Å². The number of nitriles is 1. The number of rotatable bonds is 3. The van der Waals surface area contributed by atoms with Gasteiger partial charge in [-0.1, -0.05) is 6.07 Å². The van der Waals surface area contributed by atoms with Gasteiger partial charge in [0.15, 0.2) is 0 Å². The Balaban J connectivity index is 2.22. The lowest BCUT2D eigenvalue weighted by atomic mass is 9.97. The molecule has 2 heterocycles. The molecular weight excluding hydrogens is 304 g/mol. The average molecular weight is 326 g/mol. The summed E-state index contributed by atoms with van der Waals surface area (Å²) in [5.41, 5.74) is 5.45. The van der Waals surface area contributed by atoms with E-state index in [1.54, 1.807) is 0 Å². The van der Waals surface area contributed by atoms with E-state index in [2.05, 4.69) is 42.5 Å². The molecule has 4 nitrogen and oxygen atoms in total. The molecule has 1 atom stereocenters. The van der Waals surface area contributed by atoms with E-state index in [9.17, 15) is 0 Å². The van der Waals surface area contributed by atoms with E-state index in [0.29, 0.717) is 5.56 Å². The van der Waals surface area contributed by atoms with E-state index >= 15 is 0 Å². The quantitative estimate of drug-likeness (QED) is 0.876. The van der Waals surface area contributed by atoms with Crippen LogP contribution in [0, 0.1) is 29.6 Å². The molecule has 1 aromatic heterocycles. The molecule has 2 aromatic rings. The van der Waals surface area contributed by atoms with E-state index in [1.807, 2.05) is 12.1 Å². The van der Waals surface area contributed by atoms with E-state index in [4.69, 9.17) is 15.8 Å². The molecule has 1 aliphatic heterocycles. The maximum Gasteiger partial charge on any atom is 0.109 e. The lowest BCUT2D eigenvalue weighted by molar-refractivity contribution is 0.588. The highest BCUT2D eigenvalue weighted by Crippen LogP contribution is 2.51. The first-order chi connectivity index (χ1) is 10.8. The Morgan fingerprint density at radius 3 is 2.70 bits per heavy atom. The van der Waals surface area contributed by atoms with E-state index < -0.39 is 10.0 Å². The summed E-state index contributed by atoms with van der Waals surface area (Å²) in [6.45, 7) is 2.86. The van der Waals surface area contributed by atoms with Crippen LogP contribution in [-0.4, -0.2) is 34.8 Å². The van der Waals surface area contributed by atoms with Crippen LogP contribution in [0.15, 0.2) is 23.2 Å². The highest BCUT2D eigenvalue weighted by Gasteiger charge is 2.31. The second-order valence-corrected chi connectivity index (χ2v) is 11.0. The van der Waals surface area contributed by atoms with Crippen molar-refractivity contribution in [2.75, 3.05) is 18.8 Å². The van der Waals surface area contributed by atoms with Gasteiger partial charge in [-0.05, 0) is 55.4 Å². The summed E-state index contributed by atoms with van der Waals surface area (Å²) in [6, 6.07) is 8.10. The van der Waals surface area contributed by atoms with Gasteiger partial charge in [-0.15, -0.1) is 0 Å². The third kappa shape index (κ3) is 2.68. The maximum atomic E-state index is 9.10. The highest BCUT2D eigenvalue weighted by molar-refractivity contribution is 8.32. The lowest BCUT2D eigenvalue weighted by Crippen LogP contribution is -2.06. The van der Waals surface area contributed by atoms with Gasteiger partial charge < -0.3 is 5.41 Å². The molecule has 0 fully saturated rings. The van der Waals surface area contributed by atoms with Gasteiger partial charge in [0.25, 0.3) is 0 Å². The number of nitrogens with one attached hydrogen (secondary N) is 1. The molecule has 0 aliphatic carbocycles. The Morgan fingerprint density at radius 2 is 2.13 bits per heavy atom. The van der Waals surface area contributed by atoms with Crippen molar-refractivity contribution in [2.24, 2.45) is 5.92 Å². The third-order valence-electron chi connectivity index (χ3n) is 4.33. The average Bonchev–Trinajstić information content (AvgIpc) is 3.04. The molecule has 0 bridgehead atoms. The predicted molar refractivity (Wildman–Crippen MR) is 96.7 cm³/mol. The molecule has 1 aliphatic rings. The van der Waals surface area contributed by atoms with Crippen LogP contribution >= 0.6 is 10.0 Å². The Bertz CT molecular complexity index is 821. The van der Waals surface area contributed by atoms with E-state index in [0.717, 1.165) is 18.5 Å². The third-order valence-corrected chi connectivity index (χ3v) is 5.77. The summed E-state index contributed by atoms with van der Waals surface area (Å²) in [7, 11) is -0.970. The van der Waals surface area contributed by atoms with Gasteiger partial charge in [-0.3, -0.25) is 4.68 Å². The number of benzene rings is 1. The Kier molecular flexibility index (Phi) is 3.81. The van der Waals surface area contributed by atoms with Gasteiger partial charge >= 0.3 is 0 Å². The fourth-order valence-electron chi connectivity index (χ4n) is 3.19. The number of aromatic nitrogens is 2. The molecule has 5 heteroatoms. The monoisotopic (exact) mass is 326 g/mol. The zero-order valence-electron chi connectivity index (χ0n) is 14.1. The molecule has 0 saturated carbocycles. The van der Waals surface area contributed by atoms with Crippen LogP contribution < -0.4 is 0 Å². The minimum absolute atomic E-state index is 0.249. The number of fused-ring (bicyclic) bond motifs is 1. The molecule has 23 heavy (non-hydrogen) atoms. The van der Waals surface area contributed by atoms with Gasteiger partial charge in [0, 0.05) is 29.9 Å². The summed E-state index contributed by atoms with van der Waals surface area (Å²) in [6.07, 6.45) is 9.21. The Morgan fingerprint density at radius 1 is 1.39 bits per heavy atom. The molecule has 0 radical (unpaired) electrons. The number of nitrogens with zero attached hydrogens (tertiary/aromatic N) is 3. The fourth-order valence-corrected chi connectivity index (χ4v) is 4.37. The highest BCUT2D eigenvalue weighted by atomic mass is 32.3. The first kappa shape index (κ1) is 15.8. The van der Waals surface area contributed by atoms with Crippen LogP contribution in [0.5, 0.6) is 0 Å². The van der Waals surface area contributed by atoms with Gasteiger partial charge in [0.1, 0.15) is 5.03 Å². The van der Waals surface area contributed by atoms with E-state index in [1.165, 1.54) is 28.1 Å². The van der Waals surface area contributed by atoms with Crippen molar-refractivity contribution in [3.05, 3.63) is 35.0 Å². The van der Waals surface area contributed by atoms with Crippen molar-refractivity contribution in [3.63, 3.8) is 0 Å². The normalized spacial score (nSPS) is 17.6. The van der Waals surface area contributed by atoms with Crippen LogP contribution in [0.4, 0.5) is 0 Å². The zero-order valence-corrected chi connectivity index (χ0v) is 14.9. The fraction of sp³-hybridized carbons (Fsp3) is 0.389. The topological polar surface area (TPSA) is 65.5 Å². The summed E-state index contributed by atoms with van der Waals surface area (Å²) in [5.74, 6) is 0.249. The maximum absolute atomic E-state index is 9.10. The first-order valence-corrected chi connectivity index (χ1v) is 10.5. The van der Waals surface area contributed by atoms with Crippen LogP contribution in [0.25, 0.3) is 11.1 Å². The minimum Gasteiger partial charge on any atom is -0.313 e. The Labute approximate surface area is 139 Å². The predicted octanol–water partition coefficient (Wildman–Crippen LogP) is 3.60. The molecule has 0 unspecified atom stereocenters. The molecule has 1 N–H and O–H groups in total. The number of aryl methyl sites for hydroxylation is 1. The second kappa shape index (κ2) is 5.54. The first-order valence-electron chi connectivity index (χ1n) is 7.65. The Hall–Kier alpha value is -2.06. The molecule has 120 valence electrons.